The largest absolute Gasteiger partial charge is 0.375 e. The molecule has 1 aromatic carbocycles. The van der Waals surface area contributed by atoms with E-state index in [1.807, 2.05) is 0 Å². The average Bonchev–Trinajstić information content (AvgIpc) is 2.16. The summed E-state index contributed by atoms with van der Waals surface area (Å²) in [6.45, 7) is 0.148. The fraction of sp³-hybridized carbons (Fsp3) is 0.222. The van der Waals surface area contributed by atoms with Crippen LogP contribution in [-0.2, 0) is 4.79 Å². The van der Waals surface area contributed by atoms with E-state index in [1.54, 1.807) is 18.2 Å². The molecule has 0 fully saturated rings. The number of anilines is 1. The number of carbonyl (C=O) groups excluding carboxylic acids is 1. The third kappa shape index (κ3) is 2.87. The van der Waals surface area contributed by atoms with Crippen LogP contribution in [0.2, 0.25) is 10.0 Å². The van der Waals surface area contributed by atoms with Crippen LogP contribution in [0.5, 0.6) is 0 Å². The molecule has 0 unspecified atom stereocenters. The Morgan fingerprint density at radius 1 is 1.36 bits per heavy atom. The normalized spacial score (nSPS) is 9.93. The number of para-hydroxylation sites is 1. The topological polar surface area (TPSA) is 55.1 Å². The van der Waals surface area contributed by atoms with Crippen molar-refractivity contribution in [2.24, 2.45) is 5.73 Å². The molecule has 0 aliphatic rings. The van der Waals surface area contributed by atoms with E-state index in [-0.39, 0.29) is 18.9 Å². The van der Waals surface area contributed by atoms with Crippen molar-refractivity contribution in [2.75, 3.05) is 18.4 Å². The molecule has 3 nitrogen and oxygen atoms in total. The van der Waals surface area contributed by atoms with Crippen molar-refractivity contribution in [3.05, 3.63) is 28.2 Å². The molecule has 0 heterocycles. The fourth-order valence-electron chi connectivity index (χ4n) is 0.926. The van der Waals surface area contributed by atoms with E-state index in [2.05, 4.69) is 5.32 Å². The number of benzene rings is 1. The van der Waals surface area contributed by atoms with Gasteiger partial charge in [0.1, 0.15) is 0 Å². The van der Waals surface area contributed by atoms with Crippen molar-refractivity contribution in [2.45, 2.75) is 0 Å². The minimum absolute atomic E-state index is 0.00900. The van der Waals surface area contributed by atoms with Crippen LogP contribution in [0.15, 0.2) is 18.2 Å². The van der Waals surface area contributed by atoms with Crippen LogP contribution < -0.4 is 11.1 Å². The van der Waals surface area contributed by atoms with E-state index in [0.717, 1.165) is 0 Å². The number of carbonyl (C=O) groups is 1. The summed E-state index contributed by atoms with van der Waals surface area (Å²) in [7, 11) is 0. The Morgan fingerprint density at radius 3 is 2.43 bits per heavy atom. The summed E-state index contributed by atoms with van der Waals surface area (Å²) in [4.78, 5) is 10.9. The van der Waals surface area contributed by atoms with Gasteiger partial charge in [-0.25, -0.2) is 0 Å². The van der Waals surface area contributed by atoms with Crippen molar-refractivity contribution in [1.82, 2.24) is 0 Å². The lowest BCUT2D eigenvalue weighted by Gasteiger charge is -2.08. The maximum atomic E-state index is 10.9. The Kier molecular flexibility index (Phi) is 4.20. The zero-order chi connectivity index (χ0) is 10.6. The number of nitrogens with one attached hydrogen (secondary N) is 1. The van der Waals surface area contributed by atoms with E-state index < -0.39 is 0 Å². The summed E-state index contributed by atoms with van der Waals surface area (Å²) in [6.07, 6.45) is 0. The molecular weight excluding hydrogens is 223 g/mol. The third-order valence-corrected chi connectivity index (χ3v) is 2.28. The Hall–Kier alpha value is -0.770. The summed E-state index contributed by atoms with van der Waals surface area (Å²) in [5, 5.41) is 3.81. The number of Topliss-reactive ketones (excluding diaryl/α,β-unsaturated/α-hetero) is 1. The third-order valence-electron chi connectivity index (χ3n) is 1.65. The molecule has 5 heteroatoms. The Labute approximate surface area is 92.2 Å². The van der Waals surface area contributed by atoms with E-state index >= 15 is 0 Å². The summed E-state index contributed by atoms with van der Waals surface area (Å²) in [5.74, 6) is -0.0963. The van der Waals surface area contributed by atoms with Gasteiger partial charge in [-0.3, -0.25) is 4.79 Å². The molecule has 0 saturated heterocycles. The Bertz CT molecular complexity index is 321. The van der Waals surface area contributed by atoms with Gasteiger partial charge >= 0.3 is 0 Å². The van der Waals surface area contributed by atoms with Crippen molar-refractivity contribution < 1.29 is 4.79 Å². The van der Waals surface area contributed by atoms with Gasteiger partial charge in [-0.2, -0.15) is 0 Å². The van der Waals surface area contributed by atoms with Crippen LogP contribution in [0.4, 0.5) is 5.69 Å². The molecule has 0 aromatic heterocycles. The van der Waals surface area contributed by atoms with E-state index in [9.17, 15) is 4.79 Å². The van der Waals surface area contributed by atoms with Crippen LogP contribution in [0.1, 0.15) is 0 Å². The van der Waals surface area contributed by atoms with E-state index in [1.165, 1.54) is 0 Å². The number of hydrogen-bond acceptors (Lipinski definition) is 3. The summed E-state index contributed by atoms with van der Waals surface area (Å²) >= 11 is 11.7. The first-order valence-corrected chi connectivity index (χ1v) is 4.80. The van der Waals surface area contributed by atoms with Crippen molar-refractivity contribution in [3.8, 4) is 0 Å². The van der Waals surface area contributed by atoms with Crippen LogP contribution in [0.25, 0.3) is 0 Å². The second-order valence-electron chi connectivity index (χ2n) is 2.69. The maximum absolute atomic E-state index is 10.9. The highest BCUT2D eigenvalue weighted by molar-refractivity contribution is 6.39. The highest BCUT2D eigenvalue weighted by Gasteiger charge is 2.05. The first-order chi connectivity index (χ1) is 6.65. The molecule has 0 spiro atoms. The van der Waals surface area contributed by atoms with Crippen LogP contribution >= 0.6 is 23.2 Å². The maximum Gasteiger partial charge on any atom is 0.165 e. The number of halogens is 2. The van der Waals surface area contributed by atoms with Crippen LogP contribution in [0.3, 0.4) is 0 Å². The summed E-state index contributed by atoms with van der Waals surface area (Å²) in [5.41, 5.74) is 5.72. The number of nitrogens with two attached hydrogens (primary N) is 1. The van der Waals surface area contributed by atoms with E-state index in [0.29, 0.717) is 15.7 Å². The zero-order valence-electron chi connectivity index (χ0n) is 7.39. The number of rotatable bonds is 4. The van der Waals surface area contributed by atoms with Gasteiger partial charge in [0.15, 0.2) is 5.78 Å². The van der Waals surface area contributed by atoms with Gasteiger partial charge in [-0.1, -0.05) is 29.3 Å². The summed E-state index contributed by atoms with van der Waals surface area (Å²) < 4.78 is 0. The zero-order valence-corrected chi connectivity index (χ0v) is 8.90. The van der Waals surface area contributed by atoms with Crippen molar-refractivity contribution in [3.63, 3.8) is 0 Å². The number of ketones is 1. The first kappa shape index (κ1) is 11.3. The second-order valence-corrected chi connectivity index (χ2v) is 3.51. The monoisotopic (exact) mass is 232 g/mol. The second kappa shape index (κ2) is 5.20. The van der Waals surface area contributed by atoms with Crippen LogP contribution in [0, 0.1) is 0 Å². The van der Waals surface area contributed by atoms with Gasteiger partial charge < -0.3 is 11.1 Å². The quantitative estimate of drug-likeness (QED) is 0.835. The van der Waals surface area contributed by atoms with Gasteiger partial charge in [0.05, 0.1) is 28.8 Å². The van der Waals surface area contributed by atoms with Crippen molar-refractivity contribution in [1.29, 1.82) is 0 Å². The predicted octanol–water partition coefficient (Wildman–Crippen LogP) is 1.93. The molecule has 14 heavy (non-hydrogen) atoms. The highest BCUT2D eigenvalue weighted by Crippen LogP contribution is 2.29. The predicted molar refractivity (Wildman–Crippen MR) is 59.0 cm³/mol. The molecule has 0 aliphatic heterocycles. The molecule has 0 aliphatic carbocycles. The molecule has 76 valence electrons. The number of hydrogen-bond donors (Lipinski definition) is 2. The summed E-state index contributed by atoms with van der Waals surface area (Å²) in [6, 6.07) is 5.13. The minimum atomic E-state index is -0.0963. The SMILES string of the molecule is NCC(=O)CNc1c(Cl)cccc1Cl. The first-order valence-electron chi connectivity index (χ1n) is 4.05. The Morgan fingerprint density at radius 2 is 1.93 bits per heavy atom. The average molecular weight is 233 g/mol. The van der Waals surface area contributed by atoms with E-state index in [4.69, 9.17) is 28.9 Å². The fourth-order valence-corrected chi connectivity index (χ4v) is 1.46. The molecule has 3 N–H and O–H groups in total. The molecule has 0 radical (unpaired) electrons. The molecule has 1 aromatic rings. The molecular formula is C9H10Cl2N2O. The lowest BCUT2D eigenvalue weighted by atomic mass is 10.3. The smallest absolute Gasteiger partial charge is 0.165 e. The lowest BCUT2D eigenvalue weighted by molar-refractivity contribution is -0.116. The molecule has 0 amide bonds. The molecule has 0 bridgehead atoms. The molecule has 1 rings (SSSR count). The van der Waals surface area contributed by atoms with Gasteiger partial charge in [0, 0.05) is 0 Å². The Balaban J connectivity index is 2.71. The van der Waals surface area contributed by atoms with Crippen LogP contribution in [-0.4, -0.2) is 18.9 Å². The van der Waals surface area contributed by atoms with Gasteiger partial charge in [-0.05, 0) is 12.1 Å². The molecule has 0 saturated carbocycles. The lowest BCUT2D eigenvalue weighted by Crippen LogP contribution is -2.22. The molecule has 0 atom stereocenters. The van der Waals surface area contributed by atoms with Gasteiger partial charge in [0.25, 0.3) is 0 Å². The minimum Gasteiger partial charge on any atom is -0.375 e. The van der Waals surface area contributed by atoms with Gasteiger partial charge in [0.2, 0.25) is 0 Å². The highest BCUT2D eigenvalue weighted by atomic mass is 35.5. The standard InChI is InChI=1S/C9H10Cl2N2O/c10-7-2-1-3-8(11)9(7)13-5-6(14)4-12/h1-3,13H,4-5,12H2. The van der Waals surface area contributed by atoms with Crippen molar-refractivity contribution >= 4 is 34.7 Å². The van der Waals surface area contributed by atoms with Gasteiger partial charge in [-0.15, -0.1) is 0 Å².